The standard InChI is InChI=1S/C28H30N2O4S/c1-19-9-12-22(13-10-19)27(31)23-14-16-30(17-15-23)28(32)24-6-4-5-7-25(24)29-35(33,34)26-18-20(2)8-11-21(26)3/h4-13,18,23,29H,14-17H2,1-3H3. The molecule has 1 fully saturated rings. The van der Waals surface area contributed by atoms with Crippen molar-refractivity contribution in [2.24, 2.45) is 5.92 Å². The molecule has 1 amide bonds. The van der Waals surface area contributed by atoms with Gasteiger partial charge in [0.1, 0.15) is 0 Å². The monoisotopic (exact) mass is 490 g/mol. The van der Waals surface area contributed by atoms with Crippen molar-refractivity contribution in [3.63, 3.8) is 0 Å². The summed E-state index contributed by atoms with van der Waals surface area (Å²) in [5.41, 5.74) is 3.82. The highest BCUT2D eigenvalue weighted by molar-refractivity contribution is 7.92. The maximum Gasteiger partial charge on any atom is 0.262 e. The molecule has 1 saturated heterocycles. The second-order valence-corrected chi connectivity index (χ2v) is 10.9. The fourth-order valence-corrected chi connectivity index (χ4v) is 5.83. The van der Waals surface area contributed by atoms with Crippen LogP contribution in [0.5, 0.6) is 0 Å². The number of piperidine rings is 1. The number of benzene rings is 3. The molecule has 0 unspecified atom stereocenters. The van der Waals surface area contributed by atoms with Crippen molar-refractivity contribution >= 4 is 27.4 Å². The van der Waals surface area contributed by atoms with Crippen LogP contribution in [0.15, 0.2) is 71.6 Å². The van der Waals surface area contributed by atoms with Crippen LogP contribution in [0.3, 0.4) is 0 Å². The normalized spacial score (nSPS) is 14.5. The number of carbonyl (C=O) groups is 2. The van der Waals surface area contributed by atoms with E-state index in [1.54, 1.807) is 48.2 Å². The molecule has 7 heteroatoms. The van der Waals surface area contributed by atoms with Gasteiger partial charge in [-0.3, -0.25) is 14.3 Å². The van der Waals surface area contributed by atoms with Gasteiger partial charge in [-0.05, 0) is 62.9 Å². The molecule has 6 nitrogen and oxygen atoms in total. The topological polar surface area (TPSA) is 83.6 Å². The summed E-state index contributed by atoms with van der Waals surface area (Å²) in [5, 5.41) is 0. The van der Waals surface area contributed by atoms with E-state index < -0.39 is 10.0 Å². The van der Waals surface area contributed by atoms with E-state index in [0.717, 1.165) is 11.1 Å². The Kier molecular flexibility index (Phi) is 7.08. The largest absolute Gasteiger partial charge is 0.339 e. The maximum atomic E-state index is 13.4. The van der Waals surface area contributed by atoms with Gasteiger partial charge < -0.3 is 4.90 Å². The summed E-state index contributed by atoms with van der Waals surface area (Å²) in [4.78, 5) is 28.1. The summed E-state index contributed by atoms with van der Waals surface area (Å²) in [7, 11) is -3.87. The molecule has 3 aromatic rings. The highest BCUT2D eigenvalue weighted by Gasteiger charge is 2.30. The summed E-state index contributed by atoms with van der Waals surface area (Å²) in [5.74, 6) is -0.260. The van der Waals surface area contributed by atoms with Gasteiger partial charge >= 0.3 is 0 Å². The molecule has 0 atom stereocenters. The van der Waals surface area contributed by atoms with E-state index in [2.05, 4.69) is 4.72 Å². The number of Topliss-reactive ketones (excluding diaryl/α,β-unsaturated/α-hetero) is 1. The van der Waals surface area contributed by atoms with Crippen LogP contribution in [-0.4, -0.2) is 38.1 Å². The Morgan fingerprint density at radius 3 is 2.17 bits per heavy atom. The number of likely N-dealkylation sites (tertiary alicyclic amines) is 1. The summed E-state index contributed by atoms with van der Waals surface area (Å²) < 4.78 is 28.9. The highest BCUT2D eigenvalue weighted by atomic mass is 32.2. The van der Waals surface area contributed by atoms with Gasteiger partial charge in [0.2, 0.25) is 0 Å². The van der Waals surface area contributed by atoms with Crippen LogP contribution in [-0.2, 0) is 10.0 Å². The summed E-state index contributed by atoms with van der Waals surface area (Å²) in [6.45, 7) is 6.45. The van der Waals surface area contributed by atoms with E-state index in [4.69, 9.17) is 0 Å². The second kappa shape index (κ2) is 10.0. The van der Waals surface area contributed by atoms with Crippen molar-refractivity contribution in [1.29, 1.82) is 0 Å². The van der Waals surface area contributed by atoms with Crippen LogP contribution in [0.4, 0.5) is 5.69 Å². The molecule has 1 aliphatic rings. The SMILES string of the molecule is Cc1ccc(C(=O)C2CCN(C(=O)c3ccccc3NS(=O)(=O)c3cc(C)ccc3C)CC2)cc1. The molecule has 35 heavy (non-hydrogen) atoms. The minimum absolute atomic E-state index is 0.110. The number of hydrogen-bond acceptors (Lipinski definition) is 4. The Balaban J connectivity index is 1.48. The predicted molar refractivity (Wildman–Crippen MR) is 137 cm³/mol. The molecule has 0 spiro atoms. The molecule has 3 aromatic carbocycles. The van der Waals surface area contributed by atoms with Gasteiger partial charge in [-0.1, -0.05) is 54.1 Å². The molecule has 0 radical (unpaired) electrons. The lowest BCUT2D eigenvalue weighted by atomic mass is 9.88. The third kappa shape index (κ3) is 5.46. The van der Waals surface area contributed by atoms with E-state index in [0.29, 0.717) is 42.6 Å². The summed E-state index contributed by atoms with van der Waals surface area (Å²) in [6, 6.07) is 19.5. The van der Waals surface area contributed by atoms with Gasteiger partial charge in [0.25, 0.3) is 15.9 Å². The fourth-order valence-electron chi connectivity index (χ4n) is 4.42. The van der Waals surface area contributed by atoms with Gasteiger partial charge in [0, 0.05) is 24.6 Å². The van der Waals surface area contributed by atoms with E-state index in [1.165, 1.54) is 0 Å². The summed E-state index contributed by atoms with van der Waals surface area (Å²) >= 11 is 0. The van der Waals surface area contributed by atoms with Gasteiger partial charge in [-0.25, -0.2) is 8.42 Å². The Bertz CT molecular complexity index is 1360. The zero-order chi connectivity index (χ0) is 25.2. The Labute approximate surface area is 207 Å². The molecule has 182 valence electrons. The minimum Gasteiger partial charge on any atom is -0.339 e. The van der Waals surface area contributed by atoms with Crippen molar-refractivity contribution in [3.8, 4) is 0 Å². The number of nitrogens with zero attached hydrogens (tertiary/aromatic N) is 1. The third-order valence-electron chi connectivity index (χ3n) is 6.52. The van der Waals surface area contributed by atoms with Crippen molar-refractivity contribution in [2.45, 2.75) is 38.5 Å². The van der Waals surface area contributed by atoms with Gasteiger partial charge in [0.15, 0.2) is 5.78 Å². The van der Waals surface area contributed by atoms with Crippen LogP contribution < -0.4 is 4.72 Å². The van der Waals surface area contributed by atoms with E-state index in [9.17, 15) is 18.0 Å². The van der Waals surface area contributed by atoms with Crippen LogP contribution in [0.1, 0.15) is 50.2 Å². The molecule has 1 aliphatic heterocycles. The van der Waals surface area contributed by atoms with Crippen LogP contribution in [0.2, 0.25) is 0 Å². The molecule has 0 saturated carbocycles. The number of hydrogen-bond donors (Lipinski definition) is 1. The molecule has 0 aliphatic carbocycles. The molecule has 0 bridgehead atoms. The number of aryl methyl sites for hydroxylation is 3. The van der Waals surface area contributed by atoms with Crippen LogP contribution >= 0.6 is 0 Å². The average Bonchev–Trinajstić information content (AvgIpc) is 2.85. The number of amides is 1. The zero-order valence-corrected chi connectivity index (χ0v) is 21.1. The first-order valence-electron chi connectivity index (χ1n) is 11.7. The van der Waals surface area contributed by atoms with Crippen molar-refractivity contribution in [1.82, 2.24) is 4.90 Å². The van der Waals surface area contributed by atoms with Gasteiger partial charge in [-0.15, -0.1) is 0 Å². The smallest absolute Gasteiger partial charge is 0.262 e. The quantitative estimate of drug-likeness (QED) is 0.485. The number of anilines is 1. The lowest BCUT2D eigenvalue weighted by molar-refractivity contribution is 0.0651. The molecule has 1 N–H and O–H groups in total. The second-order valence-electron chi connectivity index (χ2n) is 9.22. The highest BCUT2D eigenvalue weighted by Crippen LogP contribution is 2.27. The number of ketones is 1. The number of rotatable bonds is 6. The molecule has 4 rings (SSSR count). The number of para-hydroxylation sites is 1. The van der Waals surface area contributed by atoms with Gasteiger partial charge in [-0.2, -0.15) is 0 Å². The average molecular weight is 491 g/mol. The number of nitrogens with one attached hydrogen (secondary N) is 1. The maximum absolute atomic E-state index is 13.4. The first-order chi connectivity index (χ1) is 16.7. The zero-order valence-electron chi connectivity index (χ0n) is 20.2. The van der Waals surface area contributed by atoms with Crippen molar-refractivity contribution < 1.29 is 18.0 Å². The third-order valence-corrected chi connectivity index (χ3v) is 8.03. The molecular formula is C28H30N2O4S. The fraction of sp³-hybridized carbons (Fsp3) is 0.286. The van der Waals surface area contributed by atoms with E-state index >= 15 is 0 Å². The first-order valence-corrected chi connectivity index (χ1v) is 13.2. The lowest BCUT2D eigenvalue weighted by Gasteiger charge is -2.32. The Hall–Kier alpha value is -3.45. The minimum atomic E-state index is -3.87. The Morgan fingerprint density at radius 2 is 1.49 bits per heavy atom. The van der Waals surface area contributed by atoms with Crippen molar-refractivity contribution in [3.05, 3.63) is 94.5 Å². The summed E-state index contributed by atoms with van der Waals surface area (Å²) in [6.07, 6.45) is 1.16. The van der Waals surface area contributed by atoms with Crippen molar-refractivity contribution in [2.75, 3.05) is 17.8 Å². The number of sulfonamides is 1. The first kappa shape index (κ1) is 24.7. The van der Waals surface area contributed by atoms with E-state index in [1.807, 2.05) is 44.2 Å². The van der Waals surface area contributed by atoms with Crippen LogP contribution in [0.25, 0.3) is 0 Å². The molecule has 1 heterocycles. The molecule has 0 aromatic heterocycles. The van der Waals surface area contributed by atoms with Gasteiger partial charge in [0.05, 0.1) is 16.1 Å². The Morgan fingerprint density at radius 1 is 0.857 bits per heavy atom. The predicted octanol–water partition coefficient (Wildman–Crippen LogP) is 5.15. The number of carbonyl (C=O) groups excluding carboxylic acids is 2. The molecular weight excluding hydrogens is 460 g/mol. The van der Waals surface area contributed by atoms with E-state index in [-0.39, 0.29) is 28.2 Å². The van der Waals surface area contributed by atoms with Crippen LogP contribution in [0, 0.1) is 26.7 Å². The lowest BCUT2D eigenvalue weighted by Crippen LogP contribution is -2.40.